The highest BCUT2D eigenvalue weighted by Gasteiger charge is 2.50. The predicted molar refractivity (Wildman–Crippen MR) is 124 cm³/mol. The molecule has 3 nitrogen and oxygen atoms in total. The first-order valence-electron chi connectivity index (χ1n) is 15.9. The molecule has 3 N–H and O–H groups in total. The van der Waals surface area contributed by atoms with Crippen LogP contribution in [0.25, 0.3) is 0 Å². The van der Waals surface area contributed by atoms with Gasteiger partial charge in [-0.1, -0.05) is 50.9 Å². The standard InChI is InChI=1S/C27H44O3/c1-18(8-6-14-26(3,4)30)23-12-13-24-20(9-7-15-27(23,24)5)10-11-21-16-22(28)17-25(29)19(21)2/h10-11,18,22-25,28-30H,2,6-9,12-17H2,1,3-5H3/b20-10+,21-11-/t18-,22-,23-,24+,25+,27-/m1/s1/i3D3,4D3,5D3. The Hall–Kier alpha value is -0.900. The zero-order chi connectivity index (χ0) is 29.6. The zero-order valence-electron chi connectivity index (χ0n) is 27.2. The molecule has 30 heavy (non-hydrogen) atoms. The summed E-state index contributed by atoms with van der Waals surface area (Å²) < 4.78 is 71.5. The van der Waals surface area contributed by atoms with Crippen molar-refractivity contribution >= 4 is 0 Å². The topological polar surface area (TPSA) is 60.7 Å². The molecule has 0 aromatic rings. The van der Waals surface area contributed by atoms with E-state index in [4.69, 9.17) is 12.3 Å². The fourth-order valence-electron chi connectivity index (χ4n) is 6.09. The summed E-state index contributed by atoms with van der Waals surface area (Å²) in [7, 11) is 0. The molecule has 0 aromatic heterocycles. The van der Waals surface area contributed by atoms with Crippen molar-refractivity contribution < 1.29 is 27.7 Å². The molecule has 6 atom stereocenters. The van der Waals surface area contributed by atoms with Crippen molar-refractivity contribution in [1.82, 2.24) is 0 Å². The van der Waals surface area contributed by atoms with Gasteiger partial charge in [-0.05, 0) is 93.0 Å². The van der Waals surface area contributed by atoms with E-state index in [0.29, 0.717) is 37.7 Å². The van der Waals surface area contributed by atoms with E-state index in [1.165, 1.54) is 0 Å². The van der Waals surface area contributed by atoms with Gasteiger partial charge in [-0.2, -0.15) is 0 Å². The van der Waals surface area contributed by atoms with Gasteiger partial charge in [0, 0.05) is 18.8 Å². The van der Waals surface area contributed by atoms with Crippen LogP contribution in [0.3, 0.4) is 0 Å². The monoisotopic (exact) mass is 425 g/mol. The largest absolute Gasteiger partial charge is 0.393 e. The van der Waals surface area contributed by atoms with E-state index in [2.05, 4.69) is 6.58 Å². The Bertz CT molecular complexity index is 949. The number of aliphatic hydroxyl groups is 3. The third kappa shape index (κ3) is 5.29. The van der Waals surface area contributed by atoms with E-state index in [1.807, 2.05) is 19.1 Å². The van der Waals surface area contributed by atoms with Crippen molar-refractivity contribution in [1.29, 1.82) is 0 Å². The normalized spacial score (nSPS) is 44.5. The molecular formula is C27H44O3. The first-order chi connectivity index (χ1) is 17.8. The molecule has 0 radical (unpaired) electrons. The van der Waals surface area contributed by atoms with Gasteiger partial charge in [-0.3, -0.25) is 0 Å². The van der Waals surface area contributed by atoms with Crippen molar-refractivity contribution in [3.63, 3.8) is 0 Å². The summed E-state index contributed by atoms with van der Waals surface area (Å²) >= 11 is 0. The van der Waals surface area contributed by atoms with Gasteiger partial charge in [0.05, 0.1) is 17.8 Å². The second-order valence-corrected chi connectivity index (χ2v) is 9.93. The van der Waals surface area contributed by atoms with Gasteiger partial charge in [-0.25, -0.2) is 0 Å². The van der Waals surface area contributed by atoms with Gasteiger partial charge in [-0.15, -0.1) is 0 Å². The lowest BCUT2D eigenvalue weighted by molar-refractivity contribution is 0.0596. The van der Waals surface area contributed by atoms with E-state index in [1.54, 1.807) is 0 Å². The Kier molecular flexibility index (Phi) is 4.43. The molecule has 3 fully saturated rings. The van der Waals surface area contributed by atoms with Crippen LogP contribution >= 0.6 is 0 Å². The first kappa shape index (κ1) is 14.3. The molecule has 0 heterocycles. The van der Waals surface area contributed by atoms with Gasteiger partial charge in [0.1, 0.15) is 0 Å². The van der Waals surface area contributed by atoms with Crippen LogP contribution in [0, 0.1) is 23.2 Å². The molecule has 3 saturated carbocycles. The van der Waals surface area contributed by atoms with Crippen LogP contribution in [0.2, 0.25) is 0 Å². The quantitative estimate of drug-likeness (QED) is 0.511. The third-order valence-corrected chi connectivity index (χ3v) is 7.70. The van der Waals surface area contributed by atoms with Crippen LogP contribution in [0.15, 0.2) is 35.5 Å². The maximum atomic E-state index is 10.6. The van der Waals surface area contributed by atoms with Gasteiger partial charge in [0.25, 0.3) is 0 Å². The molecule has 0 bridgehead atoms. The number of hydrogen-bond donors (Lipinski definition) is 3. The van der Waals surface area contributed by atoms with Crippen LogP contribution in [0.4, 0.5) is 0 Å². The third-order valence-electron chi connectivity index (χ3n) is 7.70. The van der Waals surface area contributed by atoms with E-state index >= 15 is 0 Å². The molecule has 3 rings (SSSR count). The Morgan fingerprint density at radius 3 is 2.83 bits per heavy atom. The lowest BCUT2D eigenvalue weighted by Crippen LogP contribution is -2.36. The minimum atomic E-state index is -3.06. The Labute approximate surface area is 196 Å². The maximum Gasteiger partial charge on any atom is 0.0811 e. The summed E-state index contributed by atoms with van der Waals surface area (Å²) in [6.45, 7) is -2.42. The Balaban J connectivity index is 1.83. The van der Waals surface area contributed by atoms with E-state index in [-0.39, 0.29) is 30.6 Å². The SMILES string of the molecule is [2H]C([2H])([2H])C(O)(CCC[C@@H](C)[C@H]1CC[C@H]2/C(=C/C=C3/C[C@@H](O)C[C@H](O)C3=C)CCC[C@]12C([2H])([2H])[2H])C([2H])([2H])[2H]. The molecule has 0 unspecified atom stereocenters. The number of allylic oxidation sites excluding steroid dienone is 3. The summed E-state index contributed by atoms with van der Waals surface area (Å²) in [5, 5.41) is 30.9. The van der Waals surface area contributed by atoms with E-state index < -0.39 is 50.2 Å². The molecule has 170 valence electrons. The van der Waals surface area contributed by atoms with Gasteiger partial charge in [0.2, 0.25) is 0 Å². The molecule has 0 amide bonds. The minimum Gasteiger partial charge on any atom is -0.393 e. The summed E-state index contributed by atoms with van der Waals surface area (Å²) in [5.74, 6) is -0.418. The van der Waals surface area contributed by atoms with Gasteiger partial charge >= 0.3 is 0 Å². The van der Waals surface area contributed by atoms with E-state index in [0.717, 1.165) is 24.0 Å². The summed E-state index contributed by atoms with van der Waals surface area (Å²) in [6.07, 6.45) is 6.67. The first-order valence-corrected chi connectivity index (χ1v) is 11.4. The lowest BCUT2D eigenvalue weighted by atomic mass is 9.60. The van der Waals surface area contributed by atoms with E-state index in [9.17, 15) is 15.3 Å². The summed E-state index contributed by atoms with van der Waals surface area (Å²) in [4.78, 5) is 0. The average molecular weight is 426 g/mol. The van der Waals surface area contributed by atoms with Crippen molar-refractivity contribution in [3.05, 3.63) is 35.5 Å². The molecule has 3 aliphatic carbocycles. The fourth-order valence-corrected chi connectivity index (χ4v) is 6.09. The Morgan fingerprint density at radius 2 is 2.10 bits per heavy atom. The maximum absolute atomic E-state index is 10.6. The van der Waals surface area contributed by atoms with Crippen LogP contribution < -0.4 is 0 Å². The number of rotatable bonds is 6. The molecule has 0 aromatic carbocycles. The van der Waals surface area contributed by atoms with Gasteiger partial charge < -0.3 is 15.3 Å². The number of fused-ring (bicyclic) bond motifs is 1. The summed E-state index contributed by atoms with van der Waals surface area (Å²) in [6, 6.07) is 0. The minimum absolute atomic E-state index is 0.103. The van der Waals surface area contributed by atoms with Crippen LogP contribution in [0.1, 0.15) is 104 Å². The smallest absolute Gasteiger partial charge is 0.0811 e. The number of hydrogen-bond acceptors (Lipinski definition) is 3. The molecule has 3 heteroatoms. The number of aliphatic hydroxyl groups excluding tert-OH is 2. The zero-order valence-corrected chi connectivity index (χ0v) is 18.2. The molecule has 0 aliphatic heterocycles. The highest BCUT2D eigenvalue weighted by Crippen LogP contribution is 2.60. The molecule has 0 spiro atoms. The van der Waals surface area contributed by atoms with Crippen molar-refractivity contribution in [2.45, 2.75) is 109 Å². The van der Waals surface area contributed by atoms with Crippen LogP contribution in [-0.4, -0.2) is 33.1 Å². The summed E-state index contributed by atoms with van der Waals surface area (Å²) in [5.41, 5.74) is -1.33. The van der Waals surface area contributed by atoms with Crippen molar-refractivity contribution in [2.75, 3.05) is 0 Å². The highest BCUT2D eigenvalue weighted by molar-refractivity contribution is 5.38. The average Bonchev–Trinajstić information content (AvgIpc) is 3.20. The second-order valence-electron chi connectivity index (χ2n) is 9.93. The van der Waals surface area contributed by atoms with Crippen molar-refractivity contribution in [3.8, 4) is 0 Å². The van der Waals surface area contributed by atoms with Crippen LogP contribution in [-0.2, 0) is 0 Å². The van der Waals surface area contributed by atoms with Crippen LogP contribution in [0.5, 0.6) is 0 Å². The fraction of sp³-hybridized carbons (Fsp3) is 0.778. The molecule has 3 aliphatic rings. The van der Waals surface area contributed by atoms with Crippen molar-refractivity contribution in [2.24, 2.45) is 23.2 Å². The molecule has 0 saturated heterocycles. The molecular weight excluding hydrogens is 372 g/mol. The lowest BCUT2D eigenvalue weighted by Gasteiger charge is -2.44. The van der Waals surface area contributed by atoms with Gasteiger partial charge in [0.15, 0.2) is 0 Å². The predicted octanol–water partition coefficient (Wildman–Crippen LogP) is 5.70. The highest BCUT2D eigenvalue weighted by atomic mass is 16.3. The second kappa shape index (κ2) is 9.30. The Morgan fingerprint density at radius 1 is 1.30 bits per heavy atom.